The van der Waals surface area contributed by atoms with E-state index in [2.05, 4.69) is 5.32 Å². The molecule has 0 unspecified atom stereocenters. The first-order valence-electron chi connectivity index (χ1n) is 10.5. The summed E-state index contributed by atoms with van der Waals surface area (Å²) in [5.74, 6) is 0.870. The number of anilines is 1. The third kappa shape index (κ3) is 5.87. The first-order chi connectivity index (χ1) is 16.0. The lowest BCUT2D eigenvalue weighted by Crippen LogP contribution is -2.40. The number of para-hydroxylation sites is 3. The first kappa shape index (κ1) is 22.7. The Morgan fingerprint density at radius 2 is 1.58 bits per heavy atom. The SMILES string of the molecule is O=C(C=Cc1ccc(S(=O)(=O)N2CCOCC2)cc1)Nc1ccccc1Oc1ccccc1. The molecule has 7 nitrogen and oxygen atoms in total. The van der Waals surface area contributed by atoms with Gasteiger partial charge in [0, 0.05) is 19.2 Å². The van der Waals surface area contributed by atoms with E-state index >= 15 is 0 Å². The Morgan fingerprint density at radius 1 is 0.909 bits per heavy atom. The Bertz CT molecular complexity index is 1220. The minimum atomic E-state index is -3.55. The second-order valence-electron chi connectivity index (χ2n) is 7.32. The van der Waals surface area contributed by atoms with Crippen LogP contribution < -0.4 is 10.1 Å². The van der Waals surface area contributed by atoms with Crippen LogP contribution in [0.25, 0.3) is 6.08 Å². The van der Waals surface area contributed by atoms with Gasteiger partial charge in [-0.25, -0.2) is 8.42 Å². The summed E-state index contributed by atoms with van der Waals surface area (Å²) in [4.78, 5) is 12.7. The number of hydrogen-bond donors (Lipinski definition) is 1. The van der Waals surface area contributed by atoms with Gasteiger partial charge in [-0.1, -0.05) is 42.5 Å². The van der Waals surface area contributed by atoms with Crippen LogP contribution in [0.2, 0.25) is 0 Å². The number of benzene rings is 3. The first-order valence-corrected chi connectivity index (χ1v) is 12.0. The van der Waals surface area contributed by atoms with Gasteiger partial charge < -0.3 is 14.8 Å². The molecule has 4 rings (SSSR count). The molecule has 0 radical (unpaired) electrons. The number of rotatable bonds is 7. The number of amides is 1. The quantitative estimate of drug-likeness (QED) is 0.531. The minimum Gasteiger partial charge on any atom is -0.455 e. The zero-order valence-corrected chi connectivity index (χ0v) is 18.7. The molecular weight excluding hydrogens is 440 g/mol. The third-order valence-electron chi connectivity index (χ3n) is 5.03. The van der Waals surface area contributed by atoms with Gasteiger partial charge in [0.1, 0.15) is 5.75 Å². The van der Waals surface area contributed by atoms with E-state index in [1.165, 1.54) is 10.4 Å². The Balaban J connectivity index is 1.40. The highest BCUT2D eigenvalue weighted by atomic mass is 32.2. The van der Waals surface area contributed by atoms with Crippen molar-refractivity contribution < 1.29 is 22.7 Å². The summed E-state index contributed by atoms with van der Waals surface area (Å²) in [5, 5.41) is 2.81. The molecule has 1 saturated heterocycles. The second-order valence-corrected chi connectivity index (χ2v) is 9.26. The summed E-state index contributed by atoms with van der Waals surface area (Å²) in [7, 11) is -3.55. The van der Waals surface area contributed by atoms with Crippen LogP contribution in [0, 0.1) is 0 Å². The smallest absolute Gasteiger partial charge is 0.248 e. The average Bonchev–Trinajstić information content (AvgIpc) is 2.85. The average molecular weight is 465 g/mol. The third-order valence-corrected chi connectivity index (χ3v) is 6.94. The van der Waals surface area contributed by atoms with Crippen molar-refractivity contribution in [1.82, 2.24) is 4.31 Å². The maximum atomic E-state index is 12.7. The molecule has 1 fully saturated rings. The van der Waals surface area contributed by atoms with Crippen molar-refractivity contribution in [3.63, 3.8) is 0 Å². The molecule has 0 aromatic heterocycles. The zero-order chi connectivity index (χ0) is 23.1. The largest absolute Gasteiger partial charge is 0.455 e. The van der Waals surface area contributed by atoms with Gasteiger partial charge in [0.25, 0.3) is 0 Å². The Labute approximate surface area is 193 Å². The van der Waals surface area contributed by atoms with Gasteiger partial charge in [0.2, 0.25) is 15.9 Å². The molecule has 1 aliphatic rings. The van der Waals surface area contributed by atoms with Gasteiger partial charge in [0.05, 0.1) is 23.8 Å². The minimum absolute atomic E-state index is 0.220. The molecule has 0 atom stereocenters. The van der Waals surface area contributed by atoms with E-state index < -0.39 is 10.0 Å². The van der Waals surface area contributed by atoms with Crippen LogP contribution in [-0.4, -0.2) is 44.9 Å². The van der Waals surface area contributed by atoms with Crippen LogP contribution in [0.3, 0.4) is 0 Å². The normalized spacial score (nSPS) is 14.8. The van der Waals surface area contributed by atoms with Crippen molar-refractivity contribution in [2.75, 3.05) is 31.6 Å². The predicted molar refractivity (Wildman–Crippen MR) is 127 cm³/mol. The molecule has 1 N–H and O–H groups in total. The maximum absolute atomic E-state index is 12.7. The lowest BCUT2D eigenvalue weighted by atomic mass is 10.2. The number of ether oxygens (including phenoxy) is 2. The maximum Gasteiger partial charge on any atom is 0.248 e. The van der Waals surface area contributed by atoms with E-state index in [-0.39, 0.29) is 10.8 Å². The van der Waals surface area contributed by atoms with Crippen molar-refractivity contribution in [1.29, 1.82) is 0 Å². The highest BCUT2D eigenvalue weighted by molar-refractivity contribution is 7.89. The molecule has 33 heavy (non-hydrogen) atoms. The van der Waals surface area contributed by atoms with Crippen LogP contribution >= 0.6 is 0 Å². The summed E-state index contributed by atoms with van der Waals surface area (Å²) >= 11 is 0. The molecule has 3 aromatic rings. The zero-order valence-electron chi connectivity index (χ0n) is 17.9. The topological polar surface area (TPSA) is 84.9 Å². The molecule has 8 heteroatoms. The van der Waals surface area contributed by atoms with Gasteiger partial charge in [0.15, 0.2) is 5.75 Å². The number of carbonyl (C=O) groups is 1. The summed E-state index contributed by atoms with van der Waals surface area (Å²) < 4.78 is 37.9. The van der Waals surface area contributed by atoms with Crippen molar-refractivity contribution in [3.8, 4) is 11.5 Å². The molecule has 1 amide bonds. The highest BCUT2D eigenvalue weighted by Gasteiger charge is 2.25. The van der Waals surface area contributed by atoms with E-state index in [0.717, 1.165) is 0 Å². The van der Waals surface area contributed by atoms with Crippen LogP contribution in [0.4, 0.5) is 5.69 Å². The molecule has 3 aromatic carbocycles. The molecule has 0 aliphatic carbocycles. The molecule has 1 heterocycles. The molecule has 0 spiro atoms. The van der Waals surface area contributed by atoms with Crippen LogP contribution in [0.15, 0.2) is 89.8 Å². The lowest BCUT2D eigenvalue weighted by molar-refractivity contribution is -0.111. The summed E-state index contributed by atoms with van der Waals surface area (Å²) in [6, 6.07) is 22.9. The molecular formula is C25H24N2O5S. The van der Waals surface area contributed by atoms with Crippen molar-refractivity contribution >= 4 is 27.7 Å². The number of sulfonamides is 1. The number of morpholine rings is 1. The second kappa shape index (κ2) is 10.4. The fourth-order valence-electron chi connectivity index (χ4n) is 3.31. The number of nitrogens with zero attached hydrogens (tertiary/aromatic N) is 1. The van der Waals surface area contributed by atoms with E-state index in [4.69, 9.17) is 9.47 Å². The number of carbonyl (C=O) groups excluding carboxylic acids is 1. The fourth-order valence-corrected chi connectivity index (χ4v) is 4.72. The molecule has 0 bridgehead atoms. The standard InChI is InChI=1S/C25H24N2O5S/c28-25(26-23-8-4-5-9-24(23)32-21-6-2-1-3-7-21)15-12-20-10-13-22(14-11-20)33(29,30)27-16-18-31-19-17-27/h1-15H,16-19H2,(H,26,28). The van der Waals surface area contributed by atoms with E-state index in [0.29, 0.717) is 49.1 Å². The van der Waals surface area contributed by atoms with Crippen molar-refractivity contribution in [3.05, 3.63) is 90.5 Å². The molecule has 0 saturated carbocycles. The van der Waals surface area contributed by atoms with Crippen LogP contribution in [-0.2, 0) is 19.6 Å². The van der Waals surface area contributed by atoms with Crippen LogP contribution in [0.5, 0.6) is 11.5 Å². The fraction of sp³-hybridized carbons (Fsp3) is 0.160. The lowest BCUT2D eigenvalue weighted by Gasteiger charge is -2.26. The Hall–Kier alpha value is -3.46. The number of hydrogen-bond acceptors (Lipinski definition) is 5. The summed E-state index contributed by atoms with van der Waals surface area (Å²) in [5.41, 5.74) is 1.25. The highest BCUT2D eigenvalue weighted by Crippen LogP contribution is 2.29. The monoisotopic (exact) mass is 464 g/mol. The van der Waals surface area contributed by atoms with Gasteiger partial charge >= 0.3 is 0 Å². The Kier molecular flexibility index (Phi) is 7.19. The predicted octanol–water partition coefficient (Wildman–Crippen LogP) is 4.15. The van der Waals surface area contributed by atoms with E-state index in [1.54, 1.807) is 42.5 Å². The van der Waals surface area contributed by atoms with Gasteiger partial charge in [-0.05, 0) is 48.0 Å². The van der Waals surface area contributed by atoms with E-state index in [1.807, 2.05) is 42.5 Å². The van der Waals surface area contributed by atoms with Crippen molar-refractivity contribution in [2.24, 2.45) is 0 Å². The molecule has 170 valence electrons. The number of nitrogens with one attached hydrogen (secondary N) is 1. The summed E-state index contributed by atoms with van der Waals surface area (Å²) in [6.45, 7) is 1.49. The summed E-state index contributed by atoms with van der Waals surface area (Å²) in [6.07, 6.45) is 3.02. The Morgan fingerprint density at radius 3 is 2.30 bits per heavy atom. The van der Waals surface area contributed by atoms with Crippen molar-refractivity contribution in [2.45, 2.75) is 4.90 Å². The van der Waals surface area contributed by atoms with E-state index in [9.17, 15) is 13.2 Å². The van der Waals surface area contributed by atoms with Crippen LogP contribution in [0.1, 0.15) is 5.56 Å². The molecule has 1 aliphatic heterocycles. The van der Waals surface area contributed by atoms with Gasteiger partial charge in [-0.15, -0.1) is 0 Å². The van der Waals surface area contributed by atoms with Gasteiger partial charge in [-0.3, -0.25) is 4.79 Å². The van der Waals surface area contributed by atoms with Gasteiger partial charge in [-0.2, -0.15) is 4.31 Å².